The zero-order chi connectivity index (χ0) is 25.3. The maximum Gasteiger partial charge on any atom is 1.00 e. The fourth-order valence-electron chi connectivity index (χ4n) is 3.03. The van der Waals surface area contributed by atoms with Gasteiger partial charge >= 0.3 is 18.9 Å². The zero-order valence-corrected chi connectivity index (χ0v) is 23.7. The molecule has 35 heavy (non-hydrogen) atoms. The summed E-state index contributed by atoms with van der Waals surface area (Å²) in [5, 5.41) is 0.719. The predicted octanol–water partition coefficient (Wildman–Crippen LogP) is 3.07. The van der Waals surface area contributed by atoms with Crippen LogP contribution in [0.3, 0.4) is 0 Å². The van der Waals surface area contributed by atoms with Crippen LogP contribution in [0.25, 0.3) is 0 Å². The van der Waals surface area contributed by atoms with Crippen LogP contribution in [-0.2, 0) is 0 Å². The average molecular weight is 499 g/mol. The van der Waals surface area contributed by atoms with Crippen molar-refractivity contribution in [3.63, 3.8) is 0 Å². The molecule has 2 aromatic rings. The minimum atomic E-state index is -0.252. The summed E-state index contributed by atoms with van der Waals surface area (Å²) in [6.45, 7) is 14.1. The molecule has 1 atom stereocenters. The van der Waals surface area contributed by atoms with E-state index < -0.39 is 0 Å². The number of carbonyl (C=O) groups excluding carboxylic acids is 1. The second-order valence-corrected chi connectivity index (χ2v) is 10.6. The molecule has 6 nitrogen and oxygen atoms in total. The van der Waals surface area contributed by atoms with Crippen LogP contribution < -0.4 is 47.8 Å². The standard InChI is InChI=1S/C27H39O6P.Li.H/c1-17(2)14-31-20-12-23(32-15-18(3)4)26(24(13-20)33-16-19(5)6)34-27(28)25-21(29-7)10-9-11-22(25)30-8;;/h9-13,17-19,34H,14-16H2,1-8H3;;/q;+1;-1. The van der Waals surface area contributed by atoms with Crippen molar-refractivity contribution in [3.8, 4) is 28.7 Å². The summed E-state index contributed by atoms with van der Waals surface area (Å²) in [7, 11) is 2.84. The molecule has 1 unspecified atom stereocenters. The Morgan fingerprint density at radius 1 is 0.771 bits per heavy atom. The largest absolute Gasteiger partial charge is 1.00 e. The summed E-state index contributed by atoms with van der Waals surface area (Å²) in [5.41, 5.74) is 0.296. The molecule has 0 fully saturated rings. The summed E-state index contributed by atoms with van der Waals surface area (Å²) < 4.78 is 29.3. The minimum absolute atomic E-state index is 0. The molecule has 0 radical (unpaired) electrons. The van der Waals surface area contributed by atoms with Gasteiger partial charge in [0, 0.05) is 12.1 Å². The van der Waals surface area contributed by atoms with Crippen LogP contribution in [-0.4, -0.2) is 39.6 Å². The first kappa shape index (κ1) is 31.2. The SMILES string of the molecule is COc1cccc(OC)c1C(=O)Pc1c(OCC(C)C)cc(OCC(C)C)cc1OCC(C)C.[H-].[Li+]. The Morgan fingerprint density at radius 2 is 1.20 bits per heavy atom. The van der Waals surface area contributed by atoms with Crippen LogP contribution in [0, 0.1) is 17.8 Å². The van der Waals surface area contributed by atoms with Gasteiger partial charge in [-0.05, 0) is 38.5 Å². The van der Waals surface area contributed by atoms with E-state index >= 15 is 0 Å². The van der Waals surface area contributed by atoms with Gasteiger partial charge in [-0.3, -0.25) is 4.79 Å². The third-order valence-electron chi connectivity index (χ3n) is 4.66. The second-order valence-electron chi connectivity index (χ2n) is 9.40. The van der Waals surface area contributed by atoms with Gasteiger partial charge in [0.05, 0.1) is 39.3 Å². The molecule has 0 aliphatic carbocycles. The van der Waals surface area contributed by atoms with Crippen LogP contribution in [0.5, 0.6) is 28.7 Å². The molecule has 0 bridgehead atoms. The smallest absolute Gasteiger partial charge is 1.00 e. The summed E-state index contributed by atoms with van der Waals surface area (Å²) in [6, 6.07) is 9.04. The van der Waals surface area contributed by atoms with Crippen molar-refractivity contribution < 1.29 is 48.8 Å². The van der Waals surface area contributed by atoms with E-state index in [1.54, 1.807) is 32.4 Å². The Labute approximate surface area is 225 Å². The molecule has 0 N–H and O–H groups in total. The van der Waals surface area contributed by atoms with E-state index in [0.717, 1.165) is 5.30 Å². The number of hydrogen-bond acceptors (Lipinski definition) is 6. The summed E-state index contributed by atoms with van der Waals surface area (Å²) in [4.78, 5) is 13.6. The molecule has 0 saturated heterocycles. The van der Waals surface area contributed by atoms with Gasteiger partial charge in [-0.25, -0.2) is 0 Å². The first-order valence-electron chi connectivity index (χ1n) is 11.7. The number of ether oxygens (including phenoxy) is 5. The van der Waals surface area contributed by atoms with Gasteiger partial charge in [-0.2, -0.15) is 0 Å². The molecule has 190 valence electrons. The van der Waals surface area contributed by atoms with Crippen molar-refractivity contribution in [3.05, 3.63) is 35.9 Å². The van der Waals surface area contributed by atoms with Crippen molar-refractivity contribution in [1.29, 1.82) is 0 Å². The van der Waals surface area contributed by atoms with Crippen LogP contribution in [0.2, 0.25) is 0 Å². The topological polar surface area (TPSA) is 63.2 Å². The van der Waals surface area contributed by atoms with Crippen molar-refractivity contribution in [1.82, 2.24) is 0 Å². The second kappa shape index (κ2) is 15.3. The Kier molecular flexibility index (Phi) is 13.6. The minimum Gasteiger partial charge on any atom is -1.00 e. The van der Waals surface area contributed by atoms with Gasteiger partial charge in [0.2, 0.25) is 0 Å². The van der Waals surface area contributed by atoms with E-state index in [1.165, 1.54) is 0 Å². The molecular weight excluding hydrogens is 458 g/mol. The van der Waals surface area contributed by atoms with E-state index in [4.69, 9.17) is 23.7 Å². The zero-order valence-electron chi connectivity index (χ0n) is 23.7. The number of hydrogen-bond donors (Lipinski definition) is 0. The van der Waals surface area contributed by atoms with Crippen molar-refractivity contribution in [2.75, 3.05) is 34.0 Å². The number of methoxy groups -OCH3 is 2. The van der Waals surface area contributed by atoms with E-state index in [-0.39, 0.29) is 34.4 Å². The van der Waals surface area contributed by atoms with Crippen molar-refractivity contribution in [2.24, 2.45) is 17.8 Å². The van der Waals surface area contributed by atoms with E-state index in [9.17, 15) is 4.79 Å². The van der Waals surface area contributed by atoms with Gasteiger partial charge in [-0.1, -0.05) is 47.6 Å². The molecule has 8 heteroatoms. The molecular formula is C27H40LiO6P. The van der Waals surface area contributed by atoms with Gasteiger partial charge < -0.3 is 25.1 Å². The van der Waals surface area contributed by atoms with Gasteiger partial charge in [0.1, 0.15) is 34.3 Å². The van der Waals surface area contributed by atoms with E-state index in [0.29, 0.717) is 71.9 Å². The first-order chi connectivity index (χ1) is 16.2. The summed E-state index contributed by atoms with van der Waals surface area (Å²) >= 11 is 0. The Hall–Kier alpha value is -1.86. The normalized spacial score (nSPS) is 11.2. The fraction of sp³-hybridized carbons (Fsp3) is 0.519. The van der Waals surface area contributed by atoms with Crippen LogP contribution >= 0.6 is 8.58 Å². The fourth-order valence-corrected chi connectivity index (χ4v) is 4.16. The third kappa shape index (κ3) is 9.60. The Balaban J connectivity index is 0.00000612. The third-order valence-corrected chi connectivity index (χ3v) is 5.88. The molecule has 0 aliphatic heterocycles. The molecule has 0 amide bonds. The monoisotopic (exact) mass is 498 g/mol. The molecule has 0 aliphatic rings. The predicted molar refractivity (Wildman–Crippen MR) is 140 cm³/mol. The van der Waals surface area contributed by atoms with Gasteiger partial charge in [0.25, 0.3) is 0 Å². The molecule has 0 aromatic heterocycles. The van der Waals surface area contributed by atoms with Crippen LogP contribution in [0.1, 0.15) is 53.3 Å². The quantitative estimate of drug-likeness (QED) is 0.295. The Morgan fingerprint density at radius 3 is 1.60 bits per heavy atom. The number of carbonyl (C=O) groups is 1. The van der Waals surface area contributed by atoms with Crippen LogP contribution in [0.4, 0.5) is 0 Å². The van der Waals surface area contributed by atoms with Gasteiger partial charge in [-0.15, -0.1) is 0 Å². The Bertz CT molecular complexity index is 897. The molecule has 0 heterocycles. The maximum atomic E-state index is 13.6. The maximum absolute atomic E-state index is 13.6. The first-order valence-corrected chi connectivity index (χ1v) is 12.7. The average Bonchev–Trinajstić information content (AvgIpc) is 2.80. The van der Waals surface area contributed by atoms with Crippen molar-refractivity contribution >= 4 is 19.4 Å². The van der Waals surface area contributed by atoms with Gasteiger partial charge in [0.15, 0.2) is 5.52 Å². The van der Waals surface area contributed by atoms with Crippen LogP contribution in [0.15, 0.2) is 30.3 Å². The molecule has 0 saturated carbocycles. The summed E-state index contributed by atoms with van der Waals surface area (Å²) in [6.07, 6.45) is 0. The van der Waals surface area contributed by atoms with Crippen molar-refractivity contribution in [2.45, 2.75) is 41.5 Å². The number of rotatable bonds is 14. The number of benzene rings is 2. The summed E-state index contributed by atoms with van der Waals surface area (Å²) in [5.74, 6) is 3.85. The van der Waals surface area contributed by atoms with E-state index in [1.807, 2.05) is 12.1 Å². The molecule has 0 spiro atoms. The molecule has 2 aromatic carbocycles. The molecule has 2 rings (SSSR count). The van der Waals surface area contributed by atoms with E-state index in [2.05, 4.69) is 41.5 Å².